The van der Waals surface area contributed by atoms with Crippen LogP contribution in [0.3, 0.4) is 0 Å². The smallest absolute Gasteiger partial charge is 0.244 e. The number of aromatic hydroxyl groups is 1. The van der Waals surface area contributed by atoms with Crippen molar-refractivity contribution in [2.45, 2.75) is 17.4 Å². The van der Waals surface area contributed by atoms with Crippen LogP contribution in [0.4, 0.5) is 5.82 Å². The molecule has 1 atom stereocenters. The maximum Gasteiger partial charge on any atom is 0.244 e. The lowest BCUT2D eigenvalue weighted by Crippen LogP contribution is -2.45. The fourth-order valence-electron chi connectivity index (χ4n) is 2.60. The first-order chi connectivity index (χ1) is 13.8. The number of amides is 1. The van der Waals surface area contributed by atoms with E-state index in [0.29, 0.717) is 0 Å². The summed E-state index contributed by atoms with van der Waals surface area (Å²) in [4.78, 5) is 16.8. The molecular formula is C20H18BrN3O4S. The van der Waals surface area contributed by atoms with Crippen LogP contribution in [-0.2, 0) is 21.2 Å². The molecule has 3 aromatic rings. The van der Waals surface area contributed by atoms with Gasteiger partial charge in [0.1, 0.15) is 6.04 Å². The van der Waals surface area contributed by atoms with Crippen LogP contribution in [-0.4, -0.2) is 30.5 Å². The number of aromatic nitrogens is 1. The summed E-state index contributed by atoms with van der Waals surface area (Å²) in [5, 5.41) is 12.3. The fourth-order valence-corrected chi connectivity index (χ4v) is 4.06. The van der Waals surface area contributed by atoms with Crippen LogP contribution < -0.4 is 10.0 Å². The number of pyridine rings is 1. The van der Waals surface area contributed by atoms with Gasteiger partial charge >= 0.3 is 0 Å². The van der Waals surface area contributed by atoms with Gasteiger partial charge < -0.3 is 10.4 Å². The zero-order valence-corrected chi connectivity index (χ0v) is 17.5. The van der Waals surface area contributed by atoms with Crippen molar-refractivity contribution in [1.82, 2.24) is 9.71 Å². The molecule has 1 aromatic heterocycles. The number of carbonyl (C=O) groups is 1. The molecule has 0 aliphatic rings. The van der Waals surface area contributed by atoms with Crippen LogP contribution in [0.1, 0.15) is 5.56 Å². The van der Waals surface area contributed by atoms with Crippen LogP contribution in [0.5, 0.6) is 5.75 Å². The average Bonchev–Trinajstić information content (AvgIpc) is 2.70. The van der Waals surface area contributed by atoms with E-state index >= 15 is 0 Å². The van der Waals surface area contributed by atoms with Crippen LogP contribution >= 0.6 is 15.9 Å². The maximum atomic E-state index is 12.8. The molecule has 0 spiro atoms. The van der Waals surface area contributed by atoms with Crippen LogP contribution in [0.2, 0.25) is 0 Å². The fraction of sp³-hybridized carbons (Fsp3) is 0.100. The molecule has 7 nitrogen and oxygen atoms in total. The quantitative estimate of drug-likeness (QED) is 0.486. The average molecular weight is 476 g/mol. The lowest BCUT2D eigenvalue weighted by molar-refractivity contribution is -0.117. The zero-order valence-electron chi connectivity index (χ0n) is 15.1. The lowest BCUT2D eigenvalue weighted by atomic mass is 10.1. The van der Waals surface area contributed by atoms with E-state index in [2.05, 4.69) is 31.0 Å². The Hall–Kier alpha value is -2.75. The molecule has 0 saturated carbocycles. The van der Waals surface area contributed by atoms with Crippen molar-refractivity contribution in [2.75, 3.05) is 5.32 Å². The maximum absolute atomic E-state index is 12.8. The third-order valence-corrected chi connectivity index (χ3v) is 6.06. The Morgan fingerprint density at radius 3 is 2.38 bits per heavy atom. The third-order valence-electron chi connectivity index (χ3n) is 4.05. The molecule has 29 heavy (non-hydrogen) atoms. The van der Waals surface area contributed by atoms with Crippen molar-refractivity contribution in [3.05, 3.63) is 83.0 Å². The van der Waals surface area contributed by atoms with E-state index < -0.39 is 22.0 Å². The van der Waals surface area contributed by atoms with Crippen molar-refractivity contribution in [2.24, 2.45) is 0 Å². The first-order valence-electron chi connectivity index (χ1n) is 8.62. The zero-order chi connectivity index (χ0) is 20.9. The normalized spacial score (nSPS) is 12.3. The van der Waals surface area contributed by atoms with Gasteiger partial charge in [0.25, 0.3) is 0 Å². The number of sulfonamides is 1. The van der Waals surface area contributed by atoms with Gasteiger partial charge in [-0.2, -0.15) is 4.72 Å². The summed E-state index contributed by atoms with van der Waals surface area (Å²) >= 11 is 3.26. The highest BCUT2D eigenvalue weighted by atomic mass is 79.9. The van der Waals surface area contributed by atoms with Crippen molar-refractivity contribution in [3.8, 4) is 5.75 Å². The molecule has 1 unspecified atom stereocenters. The number of benzene rings is 2. The number of anilines is 1. The molecule has 150 valence electrons. The Morgan fingerprint density at radius 1 is 1.03 bits per heavy atom. The number of nitrogens with zero attached hydrogens (tertiary/aromatic N) is 1. The summed E-state index contributed by atoms with van der Waals surface area (Å²) in [5.74, 6) is -0.892. The van der Waals surface area contributed by atoms with Crippen molar-refractivity contribution >= 4 is 37.7 Å². The summed E-state index contributed by atoms with van der Waals surface area (Å²) < 4.78 is 28.8. The van der Waals surface area contributed by atoms with Crippen molar-refractivity contribution in [3.63, 3.8) is 0 Å². The molecule has 0 bridgehead atoms. The Labute approximate surface area is 177 Å². The van der Waals surface area contributed by atoms with Gasteiger partial charge in [-0.15, -0.1) is 0 Å². The van der Waals surface area contributed by atoms with Gasteiger partial charge in [0.15, 0.2) is 11.6 Å². The molecule has 1 amide bonds. The van der Waals surface area contributed by atoms with Gasteiger partial charge in [-0.3, -0.25) is 4.79 Å². The van der Waals surface area contributed by atoms with Crippen LogP contribution in [0, 0.1) is 0 Å². The van der Waals surface area contributed by atoms with Gasteiger partial charge in [0, 0.05) is 10.7 Å². The number of nitrogens with one attached hydrogen (secondary N) is 2. The first-order valence-corrected chi connectivity index (χ1v) is 10.9. The molecule has 0 radical (unpaired) electrons. The number of rotatable bonds is 7. The van der Waals surface area contributed by atoms with Gasteiger partial charge in [0.2, 0.25) is 15.9 Å². The van der Waals surface area contributed by atoms with E-state index in [-0.39, 0.29) is 22.9 Å². The van der Waals surface area contributed by atoms with Crippen molar-refractivity contribution < 1.29 is 18.3 Å². The second-order valence-corrected chi connectivity index (χ2v) is 8.81. The number of hydrogen-bond donors (Lipinski definition) is 3. The molecular weight excluding hydrogens is 458 g/mol. The predicted octanol–water partition coefficient (Wildman–Crippen LogP) is 3.08. The van der Waals surface area contributed by atoms with E-state index in [9.17, 15) is 18.3 Å². The second-order valence-electron chi connectivity index (χ2n) is 6.18. The summed E-state index contributed by atoms with van der Waals surface area (Å²) in [7, 11) is -3.96. The number of halogens is 1. The largest absolute Gasteiger partial charge is 0.504 e. The summed E-state index contributed by atoms with van der Waals surface area (Å²) in [5.41, 5.74) is 0.774. The SMILES string of the molecule is O=C(Nc1ncccc1O)C(Cc1ccccc1)NS(=O)(=O)c1ccc(Br)cc1. The minimum Gasteiger partial charge on any atom is -0.504 e. The number of carbonyl (C=O) groups excluding carboxylic acids is 1. The highest BCUT2D eigenvalue weighted by molar-refractivity contribution is 9.10. The third kappa shape index (κ3) is 5.63. The van der Waals surface area contributed by atoms with Crippen LogP contribution in [0.25, 0.3) is 0 Å². The molecule has 0 fully saturated rings. The highest BCUT2D eigenvalue weighted by Crippen LogP contribution is 2.20. The molecule has 3 N–H and O–H groups in total. The Bertz CT molecular complexity index is 1090. The Morgan fingerprint density at radius 2 is 1.72 bits per heavy atom. The topological polar surface area (TPSA) is 108 Å². The molecule has 1 heterocycles. The second kappa shape index (κ2) is 9.17. The standard InChI is InChI=1S/C20H18BrN3O4S/c21-15-8-10-16(11-9-15)29(27,28)24-17(13-14-5-2-1-3-6-14)20(26)23-19-18(25)7-4-12-22-19/h1-12,17,24-25H,13H2,(H,22,23,26). The molecule has 2 aromatic carbocycles. The molecule has 0 aliphatic heterocycles. The minimum absolute atomic E-state index is 0.0345. The van der Waals surface area contributed by atoms with E-state index in [1.807, 2.05) is 6.07 Å². The molecule has 0 aliphatic carbocycles. The van der Waals surface area contributed by atoms with Gasteiger partial charge in [-0.25, -0.2) is 13.4 Å². The Balaban J connectivity index is 1.87. The Kier molecular flexibility index (Phi) is 6.63. The predicted molar refractivity (Wildman–Crippen MR) is 113 cm³/mol. The van der Waals surface area contributed by atoms with Gasteiger partial charge in [0.05, 0.1) is 4.90 Å². The molecule has 9 heteroatoms. The summed E-state index contributed by atoms with van der Waals surface area (Å²) in [6, 6.07) is 16.9. The number of hydrogen-bond acceptors (Lipinski definition) is 5. The highest BCUT2D eigenvalue weighted by Gasteiger charge is 2.27. The first kappa shape index (κ1) is 21.0. The van der Waals surface area contributed by atoms with Gasteiger partial charge in [-0.05, 0) is 48.4 Å². The van der Waals surface area contributed by atoms with E-state index in [4.69, 9.17) is 0 Å². The molecule has 3 rings (SSSR count). The van der Waals surface area contributed by atoms with E-state index in [0.717, 1.165) is 10.0 Å². The molecule has 0 saturated heterocycles. The van der Waals surface area contributed by atoms with Crippen LogP contribution in [0.15, 0.2) is 82.3 Å². The van der Waals surface area contributed by atoms with Gasteiger partial charge in [-0.1, -0.05) is 46.3 Å². The van der Waals surface area contributed by atoms with E-state index in [1.165, 1.54) is 30.5 Å². The monoisotopic (exact) mass is 475 g/mol. The summed E-state index contributed by atoms with van der Waals surface area (Å²) in [6.45, 7) is 0. The van der Waals surface area contributed by atoms with Crippen molar-refractivity contribution in [1.29, 1.82) is 0 Å². The van der Waals surface area contributed by atoms with E-state index in [1.54, 1.807) is 36.4 Å². The minimum atomic E-state index is -3.96. The summed E-state index contributed by atoms with van der Waals surface area (Å²) in [6.07, 6.45) is 1.53. The lowest BCUT2D eigenvalue weighted by Gasteiger charge is -2.19.